The maximum absolute atomic E-state index is 12.1. The van der Waals surface area contributed by atoms with Gasteiger partial charge in [-0.1, -0.05) is 0 Å². The van der Waals surface area contributed by atoms with Crippen LogP contribution in [-0.2, 0) is 9.53 Å². The summed E-state index contributed by atoms with van der Waals surface area (Å²) in [4.78, 5) is 19.0. The molecule has 1 amide bonds. The molecule has 1 aromatic rings. The molecule has 0 radical (unpaired) electrons. The third kappa shape index (κ3) is 3.30. The average molecular weight is 295 g/mol. The van der Waals surface area contributed by atoms with Gasteiger partial charge in [-0.3, -0.25) is 4.79 Å². The van der Waals surface area contributed by atoms with Crippen LogP contribution >= 0.6 is 11.3 Å². The molecule has 3 heterocycles. The Bertz CT molecular complexity index is 451. The molecular weight excluding hydrogens is 274 g/mol. The van der Waals surface area contributed by atoms with Crippen molar-refractivity contribution in [2.75, 3.05) is 36.5 Å². The summed E-state index contributed by atoms with van der Waals surface area (Å²) in [5, 5.41) is 5.89. The van der Waals surface area contributed by atoms with E-state index < -0.39 is 0 Å². The third-order valence-corrected chi connectivity index (χ3v) is 4.80. The van der Waals surface area contributed by atoms with E-state index in [1.54, 1.807) is 11.3 Å². The number of nitrogens with one attached hydrogen (secondary N) is 1. The molecule has 1 atom stereocenters. The van der Waals surface area contributed by atoms with Crippen LogP contribution in [0.3, 0.4) is 0 Å². The van der Waals surface area contributed by atoms with E-state index in [2.05, 4.69) is 15.2 Å². The highest BCUT2D eigenvalue weighted by Crippen LogP contribution is 2.26. The lowest BCUT2D eigenvalue weighted by atomic mass is 10.0. The molecule has 3 rings (SSSR count). The number of hydrogen-bond acceptors (Lipinski definition) is 5. The van der Waals surface area contributed by atoms with Crippen LogP contribution in [0.5, 0.6) is 0 Å². The number of amides is 1. The number of carbonyl (C=O) groups excluding carboxylic acids is 1. The van der Waals surface area contributed by atoms with E-state index in [1.807, 2.05) is 5.38 Å². The molecule has 2 aliphatic rings. The summed E-state index contributed by atoms with van der Waals surface area (Å²) >= 11 is 1.61. The Morgan fingerprint density at radius 2 is 2.20 bits per heavy atom. The van der Waals surface area contributed by atoms with Crippen molar-refractivity contribution in [3.8, 4) is 0 Å². The fourth-order valence-corrected chi connectivity index (χ4v) is 3.54. The van der Waals surface area contributed by atoms with Crippen LogP contribution in [0.1, 0.15) is 32.1 Å². The SMILES string of the molecule is O=C(Nc1csc(N2CCCCC2)n1)[C@@H]1CCCOC1. The number of hydrogen-bond donors (Lipinski definition) is 1. The number of nitrogens with zero attached hydrogens (tertiary/aromatic N) is 2. The van der Waals surface area contributed by atoms with Crippen LogP contribution in [0.2, 0.25) is 0 Å². The van der Waals surface area contributed by atoms with Gasteiger partial charge in [0.15, 0.2) is 5.13 Å². The minimum Gasteiger partial charge on any atom is -0.381 e. The number of anilines is 2. The Balaban J connectivity index is 1.57. The van der Waals surface area contributed by atoms with Crippen molar-refractivity contribution in [2.24, 2.45) is 5.92 Å². The standard InChI is InChI=1S/C14H21N3O2S/c18-13(11-5-4-8-19-9-11)15-12-10-20-14(16-12)17-6-2-1-3-7-17/h10-11H,1-9H2,(H,15,18)/t11-/m1/s1. The molecule has 6 heteroatoms. The van der Waals surface area contributed by atoms with Gasteiger partial charge in [0.1, 0.15) is 5.82 Å². The van der Waals surface area contributed by atoms with E-state index >= 15 is 0 Å². The van der Waals surface area contributed by atoms with Gasteiger partial charge in [0, 0.05) is 25.1 Å². The van der Waals surface area contributed by atoms with Crippen molar-refractivity contribution in [3.05, 3.63) is 5.38 Å². The first-order chi connectivity index (χ1) is 9.83. The molecule has 0 aliphatic carbocycles. The Morgan fingerprint density at radius 1 is 1.35 bits per heavy atom. The van der Waals surface area contributed by atoms with Gasteiger partial charge in [-0.25, -0.2) is 4.98 Å². The molecule has 2 saturated heterocycles. The van der Waals surface area contributed by atoms with Crippen LogP contribution in [0.25, 0.3) is 0 Å². The molecule has 0 saturated carbocycles. The van der Waals surface area contributed by atoms with Crippen LogP contribution in [-0.4, -0.2) is 37.2 Å². The fourth-order valence-electron chi connectivity index (χ4n) is 2.73. The lowest BCUT2D eigenvalue weighted by molar-refractivity contribution is -0.123. The van der Waals surface area contributed by atoms with Crippen LogP contribution in [0.4, 0.5) is 10.9 Å². The molecule has 0 aromatic carbocycles. The van der Waals surface area contributed by atoms with E-state index in [0.717, 1.165) is 37.7 Å². The van der Waals surface area contributed by atoms with Crippen LogP contribution in [0.15, 0.2) is 5.38 Å². The molecular formula is C14H21N3O2S. The molecule has 1 aromatic heterocycles. The smallest absolute Gasteiger partial charge is 0.230 e. The number of ether oxygens (including phenoxy) is 1. The molecule has 110 valence electrons. The van der Waals surface area contributed by atoms with Gasteiger partial charge >= 0.3 is 0 Å². The number of piperidine rings is 1. The molecule has 0 bridgehead atoms. The molecule has 2 fully saturated rings. The fraction of sp³-hybridized carbons (Fsp3) is 0.714. The molecule has 2 aliphatic heterocycles. The summed E-state index contributed by atoms with van der Waals surface area (Å²) in [5.41, 5.74) is 0. The normalized spacial score (nSPS) is 23.6. The van der Waals surface area contributed by atoms with Gasteiger partial charge in [-0.2, -0.15) is 0 Å². The Hall–Kier alpha value is -1.14. The van der Waals surface area contributed by atoms with Crippen molar-refractivity contribution in [2.45, 2.75) is 32.1 Å². The second-order valence-electron chi connectivity index (χ2n) is 5.47. The van der Waals surface area contributed by atoms with Crippen molar-refractivity contribution >= 4 is 28.2 Å². The van der Waals surface area contributed by atoms with E-state index in [-0.39, 0.29) is 11.8 Å². The topological polar surface area (TPSA) is 54.5 Å². The van der Waals surface area contributed by atoms with Gasteiger partial charge < -0.3 is 15.0 Å². The summed E-state index contributed by atoms with van der Waals surface area (Å²) in [6, 6.07) is 0. The molecule has 0 unspecified atom stereocenters. The zero-order chi connectivity index (χ0) is 13.8. The van der Waals surface area contributed by atoms with E-state index in [0.29, 0.717) is 12.4 Å². The maximum atomic E-state index is 12.1. The van der Waals surface area contributed by atoms with Crippen LogP contribution < -0.4 is 10.2 Å². The first kappa shape index (κ1) is 13.8. The predicted octanol–water partition coefficient (Wildman–Crippen LogP) is 2.50. The van der Waals surface area contributed by atoms with E-state index in [4.69, 9.17) is 4.74 Å². The molecule has 1 N–H and O–H groups in total. The number of thiazole rings is 1. The minimum atomic E-state index is -0.0242. The second-order valence-corrected chi connectivity index (χ2v) is 6.30. The van der Waals surface area contributed by atoms with Crippen molar-refractivity contribution in [3.63, 3.8) is 0 Å². The highest BCUT2D eigenvalue weighted by Gasteiger charge is 2.23. The number of carbonyl (C=O) groups is 1. The van der Waals surface area contributed by atoms with Gasteiger partial charge in [-0.15, -0.1) is 11.3 Å². The quantitative estimate of drug-likeness (QED) is 0.931. The number of aromatic nitrogens is 1. The summed E-state index contributed by atoms with van der Waals surface area (Å²) in [7, 11) is 0. The van der Waals surface area contributed by atoms with Gasteiger partial charge in [0.25, 0.3) is 0 Å². The monoisotopic (exact) mass is 295 g/mol. The summed E-state index contributed by atoms with van der Waals surface area (Å²) < 4.78 is 5.35. The molecule has 0 spiro atoms. The maximum Gasteiger partial charge on any atom is 0.230 e. The van der Waals surface area contributed by atoms with Gasteiger partial charge in [-0.05, 0) is 32.1 Å². The molecule has 20 heavy (non-hydrogen) atoms. The van der Waals surface area contributed by atoms with Crippen molar-refractivity contribution in [1.82, 2.24) is 4.98 Å². The summed E-state index contributed by atoms with van der Waals surface area (Å²) in [6.45, 7) is 3.48. The van der Waals surface area contributed by atoms with E-state index in [1.165, 1.54) is 19.3 Å². The Labute approximate surface area is 123 Å². The number of rotatable bonds is 3. The Kier molecular flexibility index (Phi) is 4.52. The van der Waals surface area contributed by atoms with Crippen molar-refractivity contribution < 1.29 is 9.53 Å². The predicted molar refractivity (Wildman–Crippen MR) is 80.4 cm³/mol. The first-order valence-corrected chi connectivity index (χ1v) is 8.30. The lowest BCUT2D eigenvalue weighted by Gasteiger charge is -2.25. The highest BCUT2D eigenvalue weighted by atomic mass is 32.1. The first-order valence-electron chi connectivity index (χ1n) is 7.42. The molecule has 5 nitrogen and oxygen atoms in total. The average Bonchev–Trinajstić information content (AvgIpc) is 2.97. The van der Waals surface area contributed by atoms with Crippen molar-refractivity contribution in [1.29, 1.82) is 0 Å². The second kappa shape index (κ2) is 6.54. The third-order valence-electron chi connectivity index (χ3n) is 3.90. The summed E-state index contributed by atoms with van der Waals surface area (Å²) in [6.07, 6.45) is 5.66. The van der Waals surface area contributed by atoms with E-state index in [9.17, 15) is 4.79 Å². The summed E-state index contributed by atoms with van der Waals surface area (Å²) in [5.74, 6) is 0.704. The zero-order valence-electron chi connectivity index (χ0n) is 11.6. The lowest BCUT2D eigenvalue weighted by Crippen LogP contribution is -2.30. The zero-order valence-corrected chi connectivity index (χ0v) is 12.5. The highest BCUT2D eigenvalue weighted by molar-refractivity contribution is 7.14. The Morgan fingerprint density at radius 3 is 2.95 bits per heavy atom. The van der Waals surface area contributed by atoms with Gasteiger partial charge in [0.2, 0.25) is 5.91 Å². The largest absolute Gasteiger partial charge is 0.381 e. The van der Waals surface area contributed by atoms with Gasteiger partial charge in [0.05, 0.1) is 12.5 Å². The minimum absolute atomic E-state index is 0.0242. The van der Waals surface area contributed by atoms with Crippen LogP contribution in [0, 0.1) is 5.92 Å².